The monoisotopic (exact) mass is 478 g/mol. The van der Waals surface area contributed by atoms with Crippen LogP contribution in [0.25, 0.3) is 0 Å². The largest absolute Gasteiger partial charge is 0.484 e. The van der Waals surface area contributed by atoms with Crippen molar-refractivity contribution in [2.75, 3.05) is 13.2 Å². The lowest BCUT2D eigenvalue weighted by Gasteiger charge is -2.31. The van der Waals surface area contributed by atoms with Gasteiger partial charge in [-0.2, -0.15) is 0 Å². The molecular weight excluding hydrogens is 448 g/mol. The fraction of sp³-hybridized carbons (Fsp3) is 0.286. The molecule has 0 heterocycles. The summed E-state index contributed by atoms with van der Waals surface area (Å²) in [6.45, 7) is 6.27. The molecule has 5 nitrogen and oxygen atoms in total. The summed E-state index contributed by atoms with van der Waals surface area (Å²) in [6, 6.07) is 22.4. The maximum absolute atomic E-state index is 13.5. The van der Waals surface area contributed by atoms with Crippen LogP contribution in [-0.4, -0.2) is 35.9 Å². The fourth-order valence-corrected chi connectivity index (χ4v) is 3.95. The lowest BCUT2D eigenvalue weighted by Crippen LogP contribution is -2.51. The Labute approximate surface area is 206 Å². The summed E-state index contributed by atoms with van der Waals surface area (Å²) in [4.78, 5) is 28.2. The van der Waals surface area contributed by atoms with Crippen molar-refractivity contribution >= 4 is 23.4 Å². The highest BCUT2D eigenvalue weighted by Gasteiger charge is 2.30. The van der Waals surface area contributed by atoms with Crippen molar-refractivity contribution in [3.8, 4) is 5.75 Å². The zero-order chi connectivity index (χ0) is 24.5. The highest BCUT2D eigenvalue weighted by Crippen LogP contribution is 2.26. The molecule has 3 aromatic rings. The number of rotatable bonds is 10. The Morgan fingerprint density at radius 3 is 2.06 bits per heavy atom. The third-order valence-corrected chi connectivity index (χ3v) is 6.19. The van der Waals surface area contributed by atoms with Gasteiger partial charge in [0.1, 0.15) is 11.8 Å². The summed E-state index contributed by atoms with van der Waals surface area (Å²) in [7, 11) is 0. The second kappa shape index (κ2) is 12.2. The van der Waals surface area contributed by atoms with Gasteiger partial charge in [-0.05, 0) is 55.2 Å². The molecule has 2 amide bonds. The van der Waals surface area contributed by atoms with Gasteiger partial charge < -0.3 is 15.0 Å². The normalized spacial score (nSPS) is 11.5. The number of amides is 2. The number of ether oxygens (including phenoxy) is 1. The number of carbonyl (C=O) groups is 2. The molecule has 0 aliphatic heterocycles. The standard InChI is InChI=1S/C28H31ClN2O3/c1-4-30-28(33)25(17-22-11-7-5-8-12-22)31(18-23-13-9-6-10-14-23)26(32)19-34-24-15-20(2)27(29)21(3)16-24/h5-16,25H,4,17-19H2,1-3H3,(H,30,33). The summed E-state index contributed by atoms with van der Waals surface area (Å²) in [5.41, 5.74) is 3.69. The zero-order valence-corrected chi connectivity index (χ0v) is 20.6. The molecule has 0 aliphatic rings. The third kappa shape index (κ3) is 6.84. The van der Waals surface area contributed by atoms with Gasteiger partial charge >= 0.3 is 0 Å². The van der Waals surface area contributed by atoms with Crippen LogP contribution < -0.4 is 10.1 Å². The molecule has 0 saturated carbocycles. The Balaban J connectivity index is 1.88. The first-order valence-corrected chi connectivity index (χ1v) is 11.8. The van der Waals surface area contributed by atoms with E-state index in [1.165, 1.54) is 0 Å². The van der Waals surface area contributed by atoms with Crippen molar-refractivity contribution in [2.24, 2.45) is 0 Å². The van der Waals surface area contributed by atoms with Gasteiger partial charge in [0.15, 0.2) is 6.61 Å². The summed E-state index contributed by atoms with van der Waals surface area (Å²) in [5, 5.41) is 3.58. The molecule has 0 fully saturated rings. The molecule has 1 N–H and O–H groups in total. The highest BCUT2D eigenvalue weighted by atomic mass is 35.5. The molecule has 3 rings (SSSR count). The lowest BCUT2D eigenvalue weighted by atomic mass is 10.0. The molecular formula is C28H31ClN2O3. The lowest BCUT2D eigenvalue weighted by molar-refractivity contribution is -0.142. The zero-order valence-electron chi connectivity index (χ0n) is 19.9. The van der Waals surface area contributed by atoms with Gasteiger partial charge in [-0.1, -0.05) is 72.3 Å². The van der Waals surface area contributed by atoms with Crippen LogP contribution >= 0.6 is 11.6 Å². The number of hydrogen-bond donors (Lipinski definition) is 1. The molecule has 1 atom stereocenters. The van der Waals surface area contributed by atoms with Crippen molar-refractivity contribution in [3.63, 3.8) is 0 Å². The van der Waals surface area contributed by atoms with Crippen LogP contribution in [-0.2, 0) is 22.6 Å². The predicted octanol–water partition coefficient (Wildman–Crippen LogP) is 5.11. The number of hydrogen-bond acceptors (Lipinski definition) is 3. The van der Waals surface area contributed by atoms with Gasteiger partial charge in [-0.3, -0.25) is 9.59 Å². The van der Waals surface area contributed by atoms with Crippen molar-refractivity contribution in [1.29, 1.82) is 0 Å². The Bertz CT molecular complexity index is 1080. The topological polar surface area (TPSA) is 58.6 Å². The molecule has 0 bridgehead atoms. The number of halogens is 1. The number of nitrogens with one attached hydrogen (secondary N) is 1. The van der Waals surface area contributed by atoms with Gasteiger partial charge in [-0.15, -0.1) is 0 Å². The SMILES string of the molecule is CCNC(=O)C(Cc1ccccc1)N(Cc1ccccc1)C(=O)COc1cc(C)c(Cl)c(C)c1. The molecule has 0 spiro atoms. The van der Waals surface area contributed by atoms with E-state index >= 15 is 0 Å². The molecule has 6 heteroatoms. The van der Waals surface area contributed by atoms with Gasteiger partial charge in [0.25, 0.3) is 5.91 Å². The third-order valence-electron chi connectivity index (χ3n) is 5.59. The summed E-state index contributed by atoms with van der Waals surface area (Å²) >= 11 is 6.26. The molecule has 0 aliphatic carbocycles. The van der Waals surface area contributed by atoms with Crippen molar-refractivity contribution in [2.45, 2.75) is 39.8 Å². The van der Waals surface area contributed by atoms with E-state index in [9.17, 15) is 9.59 Å². The second-order valence-electron chi connectivity index (χ2n) is 8.27. The second-order valence-corrected chi connectivity index (χ2v) is 8.65. The van der Waals surface area contributed by atoms with E-state index in [0.29, 0.717) is 30.3 Å². The smallest absolute Gasteiger partial charge is 0.261 e. The minimum Gasteiger partial charge on any atom is -0.484 e. The average Bonchev–Trinajstić information content (AvgIpc) is 2.84. The predicted molar refractivity (Wildman–Crippen MR) is 136 cm³/mol. The minimum atomic E-state index is -0.674. The average molecular weight is 479 g/mol. The van der Waals surface area contributed by atoms with E-state index in [1.807, 2.05) is 93.6 Å². The van der Waals surface area contributed by atoms with E-state index in [4.69, 9.17) is 16.3 Å². The maximum atomic E-state index is 13.5. The van der Waals surface area contributed by atoms with E-state index in [1.54, 1.807) is 4.90 Å². The van der Waals surface area contributed by atoms with Crippen LogP contribution in [0.15, 0.2) is 72.8 Å². The molecule has 1 unspecified atom stereocenters. The first kappa shape index (κ1) is 25.3. The van der Waals surface area contributed by atoms with Crippen LogP contribution in [0.3, 0.4) is 0 Å². The van der Waals surface area contributed by atoms with E-state index in [0.717, 1.165) is 22.3 Å². The molecule has 0 radical (unpaired) electrons. The van der Waals surface area contributed by atoms with Gasteiger partial charge in [0.05, 0.1) is 0 Å². The van der Waals surface area contributed by atoms with Crippen LogP contribution in [0.5, 0.6) is 5.75 Å². The maximum Gasteiger partial charge on any atom is 0.261 e. The van der Waals surface area contributed by atoms with Crippen LogP contribution in [0, 0.1) is 13.8 Å². The minimum absolute atomic E-state index is 0.182. The number of likely N-dealkylation sites (N-methyl/N-ethyl adjacent to an activating group) is 1. The molecule has 178 valence electrons. The molecule has 34 heavy (non-hydrogen) atoms. The van der Waals surface area contributed by atoms with Crippen molar-refractivity contribution in [1.82, 2.24) is 10.2 Å². The van der Waals surface area contributed by atoms with E-state index in [2.05, 4.69) is 5.32 Å². The van der Waals surface area contributed by atoms with Gasteiger partial charge in [-0.25, -0.2) is 0 Å². The van der Waals surface area contributed by atoms with Gasteiger partial charge in [0, 0.05) is 24.5 Å². The fourth-order valence-electron chi connectivity index (χ4n) is 3.84. The van der Waals surface area contributed by atoms with Crippen LogP contribution in [0.2, 0.25) is 5.02 Å². The highest BCUT2D eigenvalue weighted by molar-refractivity contribution is 6.32. The molecule has 0 saturated heterocycles. The summed E-state index contributed by atoms with van der Waals surface area (Å²) in [6.07, 6.45) is 0.407. The first-order valence-electron chi connectivity index (χ1n) is 11.4. The Morgan fingerprint density at radius 1 is 0.941 bits per heavy atom. The Hall–Kier alpha value is -3.31. The summed E-state index contributed by atoms with van der Waals surface area (Å²) in [5.74, 6) is 0.125. The Morgan fingerprint density at radius 2 is 1.50 bits per heavy atom. The quantitative estimate of drug-likeness (QED) is 0.440. The summed E-state index contributed by atoms with van der Waals surface area (Å²) < 4.78 is 5.86. The van der Waals surface area contributed by atoms with E-state index < -0.39 is 6.04 Å². The first-order chi connectivity index (χ1) is 16.4. The number of aryl methyl sites for hydroxylation is 2. The Kier molecular flexibility index (Phi) is 9.11. The number of benzene rings is 3. The molecule has 0 aromatic heterocycles. The number of carbonyl (C=O) groups excluding carboxylic acids is 2. The van der Waals surface area contributed by atoms with Gasteiger partial charge in [0.2, 0.25) is 5.91 Å². The van der Waals surface area contributed by atoms with Crippen molar-refractivity contribution in [3.05, 3.63) is 100 Å². The molecule has 3 aromatic carbocycles. The van der Waals surface area contributed by atoms with E-state index in [-0.39, 0.29) is 18.4 Å². The van der Waals surface area contributed by atoms with Crippen LogP contribution in [0.1, 0.15) is 29.2 Å². The van der Waals surface area contributed by atoms with Crippen LogP contribution in [0.4, 0.5) is 0 Å². The number of nitrogens with zero attached hydrogens (tertiary/aromatic N) is 1. The van der Waals surface area contributed by atoms with Crippen molar-refractivity contribution < 1.29 is 14.3 Å².